The molecule has 0 atom stereocenters. The highest BCUT2D eigenvalue weighted by Crippen LogP contribution is 2.37. The molecule has 0 radical (unpaired) electrons. The molecule has 0 aliphatic heterocycles. The summed E-state index contributed by atoms with van der Waals surface area (Å²) in [5, 5.41) is 0. The zero-order valence-corrected chi connectivity index (χ0v) is 12.4. The van der Waals surface area contributed by atoms with E-state index in [1.165, 1.54) is 18.4 Å². The third-order valence-electron chi connectivity index (χ3n) is 2.66. The molecule has 2 N–H and O–H groups in total. The molecular weight excluding hydrogens is 314 g/mol. The van der Waals surface area contributed by atoms with Gasteiger partial charge in [0.2, 0.25) is 0 Å². The van der Waals surface area contributed by atoms with Crippen LogP contribution >= 0.6 is 27.3 Å². The fourth-order valence-corrected chi connectivity index (χ4v) is 3.11. The Morgan fingerprint density at radius 3 is 2.83 bits per heavy atom. The number of rotatable bonds is 2. The van der Waals surface area contributed by atoms with Crippen molar-refractivity contribution in [2.75, 3.05) is 12.8 Å². The van der Waals surface area contributed by atoms with E-state index in [1.54, 1.807) is 0 Å². The lowest BCUT2D eigenvalue weighted by molar-refractivity contribution is 0.0607. The normalized spacial score (nSPS) is 10.4. The molecule has 2 rings (SSSR count). The van der Waals surface area contributed by atoms with Crippen LogP contribution in [0.1, 0.15) is 15.2 Å². The van der Waals surface area contributed by atoms with Crippen molar-refractivity contribution in [1.29, 1.82) is 0 Å². The highest BCUT2D eigenvalue weighted by molar-refractivity contribution is 9.10. The molecule has 0 unspecified atom stereocenters. The number of ether oxygens (including phenoxy) is 1. The minimum absolute atomic E-state index is 0.392. The summed E-state index contributed by atoms with van der Waals surface area (Å²) in [4.78, 5) is 12.9. The van der Waals surface area contributed by atoms with Crippen LogP contribution in [0.4, 0.5) is 5.69 Å². The molecule has 1 aromatic carbocycles. The third-order valence-corrected chi connectivity index (χ3v) is 4.69. The molecule has 1 aromatic heterocycles. The number of anilines is 1. The Bertz CT molecular complexity index is 607. The maximum atomic E-state index is 11.5. The zero-order valence-electron chi connectivity index (χ0n) is 9.99. The summed E-state index contributed by atoms with van der Waals surface area (Å²) in [6.07, 6.45) is 0. The van der Waals surface area contributed by atoms with Gasteiger partial charge in [0.15, 0.2) is 0 Å². The number of benzene rings is 1. The van der Waals surface area contributed by atoms with Gasteiger partial charge in [-0.05, 0) is 30.2 Å². The first kappa shape index (κ1) is 13.1. The van der Waals surface area contributed by atoms with Gasteiger partial charge in [0.25, 0.3) is 0 Å². The van der Waals surface area contributed by atoms with Gasteiger partial charge >= 0.3 is 5.97 Å². The molecule has 94 valence electrons. The Labute approximate surface area is 118 Å². The minimum atomic E-state index is -0.392. The highest BCUT2D eigenvalue weighted by Gasteiger charge is 2.16. The first-order valence-corrected chi connectivity index (χ1v) is 6.88. The average molecular weight is 326 g/mol. The highest BCUT2D eigenvalue weighted by atomic mass is 79.9. The molecule has 0 saturated heterocycles. The topological polar surface area (TPSA) is 52.3 Å². The summed E-state index contributed by atoms with van der Waals surface area (Å²) in [6.45, 7) is 2.02. The number of hydrogen-bond donors (Lipinski definition) is 1. The van der Waals surface area contributed by atoms with Crippen molar-refractivity contribution in [3.8, 4) is 10.4 Å². The van der Waals surface area contributed by atoms with Crippen LogP contribution in [0.25, 0.3) is 10.4 Å². The van der Waals surface area contributed by atoms with Gasteiger partial charge in [0, 0.05) is 9.35 Å². The number of carbonyl (C=O) groups is 1. The molecule has 18 heavy (non-hydrogen) atoms. The summed E-state index contributed by atoms with van der Waals surface area (Å²) in [5.74, 6) is -0.392. The van der Waals surface area contributed by atoms with Crippen molar-refractivity contribution in [1.82, 2.24) is 0 Å². The molecule has 0 aliphatic rings. The monoisotopic (exact) mass is 325 g/mol. The number of methoxy groups -OCH3 is 1. The second-order valence-electron chi connectivity index (χ2n) is 3.80. The zero-order chi connectivity index (χ0) is 13.3. The second kappa shape index (κ2) is 5.12. The molecule has 0 amide bonds. The summed E-state index contributed by atoms with van der Waals surface area (Å²) >= 11 is 4.84. The van der Waals surface area contributed by atoms with Crippen molar-refractivity contribution in [2.24, 2.45) is 0 Å². The number of thiophene rings is 1. The van der Waals surface area contributed by atoms with E-state index >= 15 is 0 Å². The largest absolute Gasteiger partial charge is 0.465 e. The number of hydrogen-bond acceptors (Lipinski definition) is 4. The van der Waals surface area contributed by atoms with Gasteiger partial charge in [-0.15, -0.1) is 11.3 Å². The van der Waals surface area contributed by atoms with Crippen molar-refractivity contribution >= 4 is 38.9 Å². The first-order chi connectivity index (χ1) is 8.54. The number of nitrogen functional groups attached to an aromatic ring is 1. The molecule has 0 bridgehead atoms. The van der Waals surface area contributed by atoms with E-state index < -0.39 is 5.97 Å². The molecule has 3 nitrogen and oxygen atoms in total. The van der Waals surface area contributed by atoms with Crippen LogP contribution < -0.4 is 5.73 Å². The van der Waals surface area contributed by atoms with Crippen LogP contribution in [0.15, 0.2) is 28.7 Å². The van der Waals surface area contributed by atoms with E-state index in [1.807, 2.05) is 31.2 Å². The van der Waals surface area contributed by atoms with Gasteiger partial charge in [-0.25, -0.2) is 4.79 Å². The molecule has 0 fully saturated rings. The Kier molecular flexibility index (Phi) is 3.73. The second-order valence-corrected chi connectivity index (χ2v) is 5.71. The maximum Gasteiger partial charge on any atom is 0.350 e. The molecular formula is C13H12BrNO2S. The SMILES string of the molecule is COC(=O)c1sc(-c2cccc(Br)c2C)cc1N. The quantitative estimate of drug-likeness (QED) is 0.853. The molecule has 0 aliphatic carbocycles. The first-order valence-electron chi connectivity index (χ1n) is 5.27. The van der Waals surface area contributed by atoms with Crippen molar-refractivity contribution in [3.05, 3.63) is 39.2 Å². The smallest absolute Gasteiger partial charge is 0.350 e. The minimum Gasteiger partial charge on any atom is -0.465 e. The van der Waals surface area contributed by atoms with Crippen molar-refractivity contribution < 1.29 is 9.53 Å². The van der Waals surface area contributed by atoms with Gasteiger partial charge in [0.05, 0.1) is 12.8 Å². The van der Waals surface area contributed by atoms with Gasteiger partial charge in [-0.3, -0.25) is 0 Å². The molecule has 1 heterocycles. The van der Waals surface area contributed by atoms with Crippen molar-refractivity contribution in [3.63, 3.8) is 0 Å². The van der Waals surface area contributed by atoms with Crippen LogP contribution in [0.5, 0.6) is 0 Å². The van der Waals surface area contributed by atoms with Crippen LogP contribution in [-0.2, 0) is 4.74 Å². The predicted molar refractivity (Wildman–Crippen MR) is 77.9 cm³/mol. The van der Waals surface area contributed by atoms with E-state index in [9.17, 15) is 4.79 Å². The molecule has 0 saturated carbocycles. The number of esters is 1. The molecule has 0 spiro atoms. The van der Waals surface area contributed by atoms with Crippen molar-refractivity contribution in [2.45, 2.75) is 6.92 Å². The Morgan fingerprint density at radius 2 is 2.17 bits per heavy atom. The molecule has 2 aromatic rings. The summed E-state index contributed by atoms with van der Waals surface area (Å²) in [7, 11) is 1.35. The number of nitrogens with two attached hydrogens (primary N) is 1. The summed E-state index contributed by atoms with van der Waals surface area (Å²) < 4.78 is 5.74. The summed E-state index contributed by atoms with van der Waals surface area (Å²) in [5.41, 5.74) is 8.49. The van der Waals surface area contributed by atoms with Crippen LogP contribution in [0.3, 0.4) is 0 Å². The predicted octanol–water partition coefficient (Wildman–Crippen LogP) is 3.85. The van der Waals surface area contributed by atoms with E-state index in [-0.39, 0.29) is 0 Å². The fourth-order valence-electron chi connectivity index (χ4n) is 1.66. The van der Waals surface area contributed by atoms with Gasteiger partial charge in [-0.2, -0.15) is 0 Å². The Balaban J connectivity index is 2.53. The van der Waals surface area contributed by atoms with Gasteiger partial charge in [0.1, 0.15) is 4.88 Å². The van der Waals surface area contributed by atoms with E-state index in [0.29, 0.717) is 10.6 Å². The van der Waals surface area contributed by atoms with E-state index in [0.717, 1.165) is 20.5 Å². The van der Waals surface area contributed by atoms with Crippen LogP contribution in [-0.4, -0.2) is 13.1 Å². The Morgan fingerprint density at radius 1 is 1.44 bits per heavy atom. The van der Waals surface area contributed by atoms with E-state index in [2.05, 4.69) is 15.9 Å². The lowest BCUT2D eigenvalue weighted by Gasteiger charge is -2.04. The lowest BCUT2D eigenvalue weighted by atomic mass is 10.1. The van der Waals surface area contributed by atoms with Gasteiger partial charge in [-0.1, -0.05) is 28.1 Å². The number of carbonyl (C=O) groups excluding carboxylic acids is 1. The van der Waals surface area contributed by atoms with E-state index in [4.69, 9.17) is 10.5 Å². The van der Waals surface area contributed by atoms with Crippen LogP contribution in [0, 0.1) is 6.92 Å². The summed E-state index contributed by atoms with van der Waals surface area (Å²) in [6, 6.07) is 7.76. The lowest BCUT2D eigenvalue weighted by Crippen LogP contribution is -2.00. The Hall–Kier alpha value is -1.33. The molecule has 5 heteroatoms. The van der Waals surface area contributed by atoms with Crippen LogP contribution in [0.2, 0.25) is 0 Å². The van der Waals surface area contributed by atoms with Gasteiger partial charge < -0.3 is 10.5 Å². The number of halogens is 1. The third kappa shape index (κ3) is 2.28. The average Bonchev–Trinajstić information content (AvgIpc) is 2.73. The fraction of sp³-hybridized carbons (Fsp3) is 0.154. The maximum absolute atomic E-state index is 11.5. The standard InChI is InChI=1S/C13H12BrNO2S/c1-7-8(4-3-5-9(7)14)11-6-10(15)12(18-11)13(16)17-2/h3-6H,15H2,1-2H3.